The summed E-state index contributed by atoms with van der Waals surface area (Å²) in [6, 6.07) is 5.36. The van der Waals surface area contributed by atoms with Crippen LogP contribution in [0.25, 0.3) is 11.4 Å². The summed E-state index contributed by atoms with van der Waals surface area (Å²) in [6.45, 7) is 6.04. The van der Waals surface area contributed by atoms with E-state index < -0.39 is 0 Å². The van der Waals surface area contributed by atoms with Gasteiger partial charge in [0.2, 0.25) is 0 Å². The molecule has 0 radical (unpaired) electrons. The topological polar surface area (TPSA) is 45.8 Å². The van der Waals surface area contributed by atoms with Gasteiger partial charge in [0, 0.05) is 20.5 Å². The van der Waals surface area contributed by atoms with Gasteiger partial charge >= 0.3 is 0 Å². The predicted octanol–water partition coefficient (Wildman–Crippen LogP) is 4.91. The molecule has 2 aromatic rings. The van der Waals surface area contributed by atoms with Crippen LogP contribution in [0.5, 0.6) is 0 Å². The molecular weight excluding hydrogens is 407 g/mol. The number of benzene rings is 1. The van der Waals surface area contributed by atoms with Crippen molar-refractivity contribution in [1.82, 2.24) is 9.97 Å². The van der Waals surface area contributed by atoms with Crippen molar-refractivity contribution < 1.29 is 0 Å². The van der Waals surface area contributed by atoms with E-state index in [1.807, 2.05) is 26.8 Å². The molecule has 0 unspecified atom stereocenters. The molecule has 0 bridgehead atoms. The van der Waals surface area contributed by atoms with Crippen LogP contribution in [-0.4, -0.2) is 9.97 Å². The standard InChI is InChI=1S/C14H13Br2ClN2O/c1-14(2,3)11-10(16)13(20)19-12(18-11)8-5-4-7(17)6-9(8)15/h4-6H,1-3H3,(H,18,19,20). The second-order valence-electron chi connectivity index (χ2n) is 5.45. The van der Waals surface area contributed by atoms with Gasteiger partial charge in [0.15, 0.2) is 0 Å². The van der Waals surface area contributed by atoms with Crippen molar-refractivity contribution in [3.8, 4) is 11.4 Å². The zero-order valence-electron chi connectivity index (χ0n) is 11.2. The Morgan fingerprint density at radius 3 is 2.45 bits per heavy atom. The van der Waals surface area contributed by atoms with Crippen molar-refractivity contribution in [3.05, 3.63) is 48.2 Å². The number of rotatable bonds is 1. The quantitative estimate of drug-likeness (QED) is 0.712. The number of aromatic amines is 1. The van der Waals surface area contributed by atoms with Crippen molar-refractivity contribution in [3.63, 3.8) is 0 Å². The first-order valence-electron chi connectivity index (χ1n) is 5.96. The van der Waals surface area contributed by atoms with Gasteiger partial charge in [-0.15, -0.1) is 0 Å². The summed E-state index contributed by atoms with van der Waals surface area (Å²) < 4.78 is 1.26. The lowest BCUT2D eigenvalue weighted by Crippen LogP contribution is -2.22. The van der Waals surface area contributed by atoms with Crippen LogP contribution in [0.1, 0.15) is 26.5 Å². The highest BCUT2D eigenvalue weighted by atomic mass is 79.9. The lowest BCUT2D eigenvalue weighted by molar-refractivity contribution is 0.562. The lowest BCUT2D eigenvalue weighted by Gasteiger charge is -2.20. The van der Waals surface area contributed by atoms with Gasteiger partial charge in [-0.25, -0.2) is 4.98 Å². The fraction of sp³-hybridized carbons (Fsp3) is 0.286. The molecule has 0 aliphatic carbocycles. The van der Waals surface area contributed by atoms with E-state index in [0.29, 0.717) is 15.3 Å². The third-order valence-electron chi connectivity index (χ3n) is 2.76. The molecule has 6 heteroatoms. The minimum Gasteiger partial charge on any atom is -0.306 e. The Kier molecular flexibility index (Phi) is 4.42. The summed E-state index contributed by atoms with van der Waals surface area (Å²) in [4.78, 5) is 19.4. The normalized spacial score (nSPS) is 11.7. The van der Waals surface area contributed by atoms with E-state index in [4.69, 9.17) is 11.6 Å². The molecule has 1 aromatic carbocycles. The Balaban J connectivity index is 2.70. The largest absolute Gasteiger partial charge is 0.306 e. The number of hydrogen-bond donors (Lipinski definition) is 1. The molecule has 0 amide bonds. The SMILES string of the molecule is CC(C)(C)c1nc(-c2ccc(Cl)cc2Br)[nH]c(=O)c1Br. The van der Waals surface area contributed by atoms with Gasteiger partial charge in [0.25, 0.3) is 5.56 Å². The zero-order valence-corrected chi connectivity index (χ0v) is 15.1. The van der Waals surface area contributed by atoms with Crippen LogP contribution in [0, 0.1) is 0 Å². The summed E-state index contributed by atoms with van der Waals surface area (Å²) >= 11 is 12.7. The molecule has 1 heterocycles. The Hall–Kier alpha value is -0.650. The summed E-state index contributed by atoms with van der Waals surface area (Å²) in [7, 11) is 0. The molecule has 0 saturated carbocycles. The van der Waals surface area contributed by atoms with Crippen molar-refractivity contribution in [2.24, 2.45) is 0 Å². The smallest absolute Gasteiger partial charge is 0.265 e. The summed E-state index contributed by atoms with van der Waals surface area (Å²) in [5, 5.41) is 0.621. The van der Waals surface area contributed by atoms with Crippen molar-refractivity contribution in [2.45, 2.75) is 26.2 Å². The minimum absolute atomic E-state index is 0.193. The number of nitrogens with zero attached hydrogens (tertiary/aromatic N) is 1. The maximum atomic E-state index is 12.1. The predicted molar refractivity (Wildman–Crippen MR) is 89.4 cm³/mol. The summed E-state index contributed by atoms with van der Waals surface area (Å²) in [6.07, 6.45) is 0. The number of H-pyrrole nitrogens is 1. The average Bonchev–Trinajstić information content (AvgIpc) is 2.31. The fourth-order valence-corrected chi connectivity index (χ4v) is 3.42. The number of nitrogens with one attached hydrogen (secondary N) is 1. The molecule has 2 rings (SSSR count). The van der Waals surface area contributed by atoms with Gasteiger partial charge in [0.05, 0.1) is 5.69 Å². The van der Waals surface area contributed by atoms with E-state index in [-0.39, 0.29) is 11.0 Å². The first-order valence-corrected chi connectivity index (χ1v) is 7.92. The number of aromatic nitrogens is 2. The van der Waals surface area contributed by atoms with E-state index in [1.54, 1.807) is 12.1 Å². The summed E-state index contributed by atoms with van der Waals surface area (Å²) in [5.41, 5.74) is 1.09. The van der Waals surface area contributed by atoms with E-state index in [0.717, 1.165) is 15.7 Å². The second-order valence-corrected chi connectivity index (χ2v) is 7.54. The average molecular weight is 421 g/mol. The second kappa shape index (κ2) is 5.62. The van der Waals surface area contributed by atoms with Gasteiger partial charge in [-0.2, -0.15) is 0 Å². The Morgan fingerprint density at radius 1 is 1.25 bits per heavy atom. The van der Waals surface area contributed by atoms with Crippen LogP contribution in [0.2, 0.25) is 5.02 Å². The Morgan fingerprint density at radius 2 is 1.90 bits per heavy atom. The highest BCUT2D eigenvalue weighted by Crippen LogP contribution is 2.31. The maximum absolute atomic E-state index is 12.1. The van der Waals surface area contributed by atoms with Crippen LogP contribution in [0.15, 0.2) is 31.9 Å². The molecule has 0 spiro atoms. The molecule has 1 aromatic heterocycles. The molecule has 0 atom stereocenters. The summed E-state index contributed by atoms with van der Waals surface area (Å²) in [5.74, 6) is 0.520. The van der Waals surface area contributed by atoms with Gasteiger partial charge in [-0.05, 0) is 50.1 Å². The van der Waals surface area contributed by atoms with Crippen molar-refractivity contribution in [2.75, 3.05) is 0 Å². The maximum Gasteiger partial charge on any atom is 0.265 e. The Labute approximate surface area is 139 Å². The first kappa shape index (κ1) is 15.7. The third-order valence-corrected chi connectivity index (χ3v) is 4.39. The zero-order chi connectivity index (χ0) is 15.1. The minimum atomic E-state index is -0.235. The van der Waals surface area contributed by atoms with E-state index >= 15 is 0 Å². The monoisotopic (exact) mass is 418 g/mol. The van der Waals surface area contributed by atoms with Gasteiger partial charge in [0.1, 0.15) is 10.3 Å². The van der Waals surface area contributed by atoms with E-state index in [9.17, 15) is 4.79 Å². The third kappa shape index (κ3) is 3.15. The van der Waals surface area contributed by atoms with Gasteiger partial charge < -0.3 is 4.98 Å². The van der Waals surface area contributed by atoms with Crippen LogP contribution in [-0.2, 0) is 5.41 Å². The van der Waals surface area contributed by atoms with Gasteiger partial charge in [-0.3, -0.25) is 4.79 Å². The van der Waals surface area contributed by atoms with Crippen LogP contribution in [0.4, 0.5) is 0 Å². The molecule has 0 aliphatic heterocycles. The van der Waals surface area contributed by atoms with Crippen molar-refractivity contribution in [1.29, 1.82) is 0 Å². The molecule has 0 saturated heterocycles. The molecule has 106 valence electrons. The molecule has 0 fully saturated rings. The molecule has 1 N–H and O–H groups in total. The number of halogens is 3. The lowest BCUT2D eigenvalue weighted by atomic mass is 9.92. The molecule has 3 nitrogen and oxygen atoms in total. The molecule has 20 heavy (non-hydrogen) atoms. The Bertz CT molecular complexity index is 720. The van der Waals surface area contributed by atoms with Crippen LogP contribution < -0.4 is 5.56 Å². The fourth-order valence-electron chi connectivity index (χ4n) is 1.76. The first-order chi connectivity index (χ1) is 9.20. The van der Waals surface area contributed by atoms with Gasteiger partial charge in [-0.1, -0.05) is 32.4 Å². The highest BCUT2D eigenvalue weighted by Gasteiger charge is 2.22. The van der Waals surface area contributed by atoms with Crippen molar-refractivity contribution >= 4 is 43.5 Å². The molecule has 0 aliphatic rings. The van der Waals surface area contributed by atoms with Crippen LogP contribution >= 0.6 is 43.5 Å². The molecular formula is C14H13Br2ClN2O. The van der Waals surface area contributed by atoms with E-state index in [2.05, 4.69) is 41.8 Å². The van der Waals surface area contributed by atoms with Crippen LogP contribution in [0.3, 0.4) is 0 Å². The number of hydrogen-bond acceptors (Lipinski definition) is 2. The van der Waals surface area contributed by atoms with E-state index in [1.165, 1.54) is 0 Å². The highest BCUT2D eigenvalue weighted by molar-refractivity contribution is 9.10.